The first kappa shape index (κ1) is 7.03. The van der Waals surface area contributed by atoms with Crippen LogP contribution >= 0.6 is 0 Å². The summed E-state index contributed by atoms with van der Waals surface area (Å²) >= 11 is 0. The van der Waals surface area contributed by atoms with Crippen LogP contribution in [-0.4, -0.2) is 17.8 Å². The molecule has 0 saturated heterocycles. The zero-order valence-electron chi connectivity index (χ0n) is 5.71. The van der Waals surface area contributed by atoms with E-state index < -0.39 is 0 Å². The molecule has 0 atom stereocenters. The minimum atomic E-state index is 0.354. The Bertz CT molecular complexity index is 77.0. The minimum Gasteiger partial charge on any atom is -0.396 e. The van der Waals surface area contributed by atoms with Crippen LogP contribution in [0.5, 0.6) is 0 Å². The quantitative estimate of drug-likeness (QED) is 0.541. The summed E-state index contributed by atoms with van der Waals surface area (Å²) in [6, 6.07) is 0.410. The van der Waals surface area contributed by atoms with Gasteiger partial charge in [0, 0.05) is 12.6 Å². The Morgan fingerprint density at radius 1 is 1.22 bits per heavy atom. The summed E-state index contributed by atoms with van der Waals surface area (Å²) in [6.45, 7) is 0.354. The molecule has 54 valence electrons. The molecule has 0 aromatic carbocycles. The fraction of sp³-hybridized carbons (Fsp3) is 1.00. The molecule has 0 amide bonds. The highest BCUT2D eigenvalue weighted by atomic mass is 16.3. The maximum Gasteiger partial charge on any atom is 0.0459 e. The van der Waals surface area contributed by atoms with Crippen molar-refractivity contribution in [3.63, 3.8) is 0 Å². The molecule has 1 rings (SSSR count). The van der Waals surface area contributed by atoms with E-state index in [0.717, 1.165) is 25.7 Å². The predicted molar refractivity (Wildman–Crippen MR) is 37.0 cm³/mol. The second-order valence-electron chi connectivity index (χ2n) is 2.96. The second kappa shape index (κ2) is 3.18. The van der Waals surface area contributed by atoms with E-state index in [1.807, 2.05) is 0 Å². The predicted octanol–water partition coefficient (Wildman–Crippen LogP) is 0.496. The van der Waals surface area contributed by atoms with Crippen LogP contribution in [-0.2, 0) is 0 Å². The zero-order valence-corrected chi connectivity index (χ0v) is 5.71. The maximum absolute atomic E-state index is 8.74. The van der Waals surface area contributed by atoms with Gasteiger partial charge in [0.1, 0.15) is 0 Å². The third-order valence-electron chi connectivity index (χ3n) is 2.15. The standard InChI is InChI=1S/C7H15NO/c8-7-3-1-6(5-9)2-4-7/h6-7,9H,1-5,8H2/t6-,7+. The molecule has 0 unspecified atom stereocenters. The molecule has 0 aromatic rings. The maximum atomic E-state index is 8.74. The van der Waals surface area contributed by atoms with Gasteiger partial charge in [0.25, 0.3) is 0 Å². The smallest absolute Gasteiger partial charge is 0.0459 e. The van der Waals surface area contributed by atoms with Crippen LogP contribution in [0.25, 0.3) is 0 Å². The van der Waals surface area contributed by atoms with Gasteiger partial charge in [0.05, 0.1) is 0 Å². The van der Waals surface area contributed by atoms with Gasteiger partial charge in [-0.25, -0.2) is 0 Å². The number of rotatable bonds is 1. The molecule has 0 bridgehead atoms. The molecule has 0 aliphatic heterocycles. The first-order chi connectivity index (χ1) is 4.33. The van der Waals surface area contributed by atoms with Gasteiger partial charge in [0.2, 0.25) is 0 Å². The van der Waals surface area contributed by atoms with Crippen molar-refractivity contribution in [3.05, 3.63) is 0 Å². The highest BCUT2D eigenvalue weighted by molar-refractivity contribution is 4.73. The van der Waals surface area contributed by atoms with E-state index in [9.17, 15) is 0 Å². The summed E-state index contributed by atoms with van der Waals surface area (Å²) in [5, 5.41) is 8.74. The Morgan fingerprint density at radius 2 is 1.78 bits per heavy atom. The van der Waals surface area contributed by atoms with Crippen LogP contribution in [0.1, 0.15) is 25.7 Å². The van der Waals surface area contributed by atoms with Gasteiger partial charge in [-0.15, -0.1) is 0 Å². The van der Waals surface area contributed by atoms with Crippen molar-refractivity contribution in [2.24, 2.45) is 11.7 Å². The molecule has 1 saturated carbocycles. The van der Waals surface area contributed by atoms with Crippen LogP contribution in [0, 0.1) is 5.92 Å². The van der Waals surface area contributed by atoms with E-state index in [0.29, 0.717) is 18.6 Å². The van der Waals surface area contributed by atoms with Crippen molar-refractivity contribution < 1.29 is 5.11 Å². The first-order valence-electron chi connectivity index (χ1n) is 3.69. The first-order valence-corrected chi connectivity index (χ1v) is 3.69. The molecule has 0 aromatic heterocycles. The Morgan fingerprint density at radius 3 is 2.22 bits per heavy atom. The lowest BCUT2D eigenvalue weighted by Crippen LogP contribution is -2.27. The van der Waals surface area contributed by atoms with E-state index in [4.69, 9.17) is 10.8 Å². The van der Waals surface area contributed by atoms with E-state index in [2.05, 4.69) is 0 Å². The number of hydrogen-bond acceptors (Lipinski definition) is 2. The zero-order chi connectivity index (χ0) is 6.69. The van der Waals surface area contributed by atoms with Crippen molar-refractivity contribution in [3.8, 4) is 0 Å². The molecule has 0 radical (unpaired) electrons. The molecular formula is C7H15NO. The molecule has 9 heavy (non-hydrogen) atoms. The van der Waals surface area contributed by atoms with Crippen LogP contribution in [0.3, 0.4) is 0 Å². The van der Waals surface area contributed by atoms with Crippen LogP contribution in [0.4, 0.5) is 0 Å². The molecule has 3 N–H and O–H groups in total. The van der Waals surface area contributed by atoms with Gasteiger partial charge >= 0.3 is 0 Å². The normalized spacial score (nSPS) is 36.7. The highest BCUT2D eigenvalue weighted by Gasteiger charge is 2.16. The average Bonchev–Trinajstić information content (AvgIpc) is 1.90. The number of nitrogens with two attached hydrogens (primary N) is 1. The van der Waals surface area contributed by atoms with Crippen molar-refractivity contribution >= 4 is 0 Å². The lowest BCUT2D eigenvalue weighted by molar-refractivity contribution is 0.183. The third kappa shape index (κ3) is 1.95. The fourth-order valence-electron chi connectivity index (χ4n) is 1.37. The average molecular weight is 129 g/mol. The van der Waals surface area contributed by atoms with E-state index in [1.165, 1.54) is 0 Å². The summed E-state index contributed by atoms with van der Waals surface area (Å²) in [5.74, 6) is 0.546. The molecule has 0 heterocycles. The fourth-order valence-corrected chi connectivity index (χ4v) is 1.37. The molecule has 1 fully saturated rings. The van der Waals surface area contributed by atoms with E-state index in [1.54, 1.807) is 0 Å². The largest absolute Gasteiger partial charge is 0.396 e. The summed E-state index contributed by atoms with van der Waals surface area (Å²) in [5.41, 5.74) is 5.67. The third-order valence-corrected chi connectivity index (χ3v) is 2.15. The lowest BCUT2D eigenvalue weighted by atomic mass is 9.87. The van der Waals surface area contributed by atoms with Crippen LogP contribution < -0.4 is 5.73 Å². The van der Waals surface area contributed by atoms with Gasteiger partial charge in [-0.3, -0.25) is 0 Å². The molecular weight excluding hydrogens is 114 g/mol. The van der Waals surface area contributed by atoms with Gasteiger partial charge in [-0.1, -0.05) is 0 Å². The molecule has 2 heteroatoms. The Kier molecular flexibility index (Phi) is 2.49. The number of hydrogen-bond donors (Lipinski definition) is 2. The van der Waals surface area contributed by atoms with Crippen molar-refractivity contribution in [2.75, 3.05) is 6.61 Å². The SMILES string of the molecule is N[C@H]1CC[C@@H](CO)CC1. The molecule has 2 nitrogen and oxygen atoms in total. The lowest BCUT2D eigenvalue weighted by Gasteiger charge is -2.23. The van der Waals surface area contributed by atoms with Crippen LogP contribution in [0.2, 0.25) is 0 Å². The Hall–Kier alpha value is -0.0800. The summed E-state index contributed by atoms with van der Waals surface area (Å²) < 4.78 is 0. The van der Waals surface area contributed by atoms with E-state index >= 15 is 0 Å². The molecule has 1 aliphatic carbocycles. The Balaban J connectivity index is 2.18. The minimum absolute atomic E-state index is 0.354. The molecule has 1 aliphatic rings. The van der Waals surface area contributed by atoms with Crippen molar-refractivity contribution in [2.45, 2.75) is 31.7 Å². The number of aliphatic hydroxyl groups excluding tert-OH is 1. The summed E-state index contributed by atoms with van der Waals surface area (Å²) in [4.78, 5) is 0. The van der Waals surface area contributed by atoms with Gasteiger partial charge in [-0.05, 0) is 31.6 Å². The number of aliphatic hydroxyl groups is 1. The van der Waals surface area contributed by atoms with Crippen molar-refractivity contribution in [1.82, 2.24) is 0 Å². The Labute approximate surface area is 56.1 Å². The van der Waals surface area contributed by atoms with Gasteiger partial charge in [0.15, 0.2) is 0 Å². The summed E-state index contributed by atoms with van der Waals surface area (Å²) in [6.07, 6.45) is 4.45. The van der Waals surface area contributed by atoms with Gasteiger partial charge in [-0.2, -0.15) is 0 Å². The second-order valence-corrected chi connectivity index (χ2v) is 2.96. The van der Waals surface area contributed by atoms with Gasteiger partial charge < -0.3 is 10.8 Å². The van der Waals surface area contributed by atoms with Crippen molar-refractivity contribution in [1.29, 1.82) is 0 Å². The monoisotopic (exact) mass is 129 g/mol. The summed E-state index contributed by atoms with van der Waals surface area (Å²) in [7, 11) is 0. The van der Waals surface area contributed by atoms with E-state index in [-0.39, 0.29) is 0 Å². The highest BCUT2D eigenvalue weighted by Crippen LogP contribution is 2.21. The topological polar surface area (TPSA) is 46.2 Å². The molecule has 0 spiro atoms. The van der Waals surface area contributed by atoms with Crippen LogP contribution in [0.15, 0.2) is 0 Å².